The van der Waals surface area contributed by atoms with E-state index in [1.54, 1.807) is 0 Å². The molecule has 1 heterocycles. The summed E-state index contributed by atoms with van der Waals surface area (Å²) in [6.45, 7) is 0.114. The maximum atomic E-state index is 11.5. The number of nitrogens with one attached hydrogen (secondary N) is 1. The largest absolute Gasteiger partial charge is 0.394 e. The smallest absolute Gasteiger partial charge is 0.223 e. The molecule has 0 aromatic rings. The zero-order chi connectivity index (χ0) is 9.05. The van der Waals surface area contributed by atoms with E-state index in [9.17, 15) is 4.79 Å². The first-order chi connectivity index (χ1) is 6.24. The first kappa shape index (κ1) is 7.80. The number of carbonyl (C=O) groups excluding carboxylic acids is 1. The van der Waals surface area contributed by atoms with Crippen LogP contribution in [0.3, 0.4) is 0 Å². The van der Waals surface area contributed by atoms with Crippen LogP contribution >= 0.6 is 0 Å². The van der Waals surface area contributed by atoms with Gasteiger partial charge in [0.1, 0.15) is 0 Å². The molecule has 1 unspecified atom stereocenters. The van der Waals surface area contributed by atoms with Crippen LogP contribution < -0.4 is 5.32 Å². The Morgan fingerprint density at radius 1 is 1.46 bits per heavy atom. The van der Waals surface area contributed by atoms with Crippen molar-refractivity contribution in [3.63, 3.8) is 0 Å². The number of aliphatic hydroxyl groups is 1. The molecule has 1 amide bonds. The van der Waals surface area contributed by atoms with E-state index in [-0.39, 0.29) is 24.5 Å². The van der Waals surface area contributed by atoms with Crippen LogP contribution in [0.5, 0.6) is 0 Å². The third kappa shape index (κ3) is 0.966. The molecular formula is C10H15NO2. The molecular weight excluding hydrogens is 166 g/mol. The van der Waals surface area contributed by atoms with Gasteiger partial charge in [0.05, 0.1) is 12.6 Å². The Kier molecular flexibility index (Phi) is 1.36. The van der Waals surface area contributed by atoms with Crippen LogP contribution in [-0.2, 0) is 4.79 Å². The fourth-order valence-corrected chi connectivity index (χ4v) is 3.22. The lowest BCUT2D eigenvalue weighted by atomic mass is 9.94. The van der Waals surface area contributed by atoms with E-state index in [1.165, 1.54) is 19.3 Å². The number of amides is 1. The van der Waals surface area contributed by atoms with Gasteiger partial charge in [-0.1, -0.05) is 0 Å². The summed E-state index contributed by atoms with van der Waals surface area (Å²) in [7, 11) is 0. The van der Waals surface area contributed by atoms with Gasteiger partial charge < -0.3 is 10.4 Å². The molecule has 0 aromatic heterocycles. The second kappa shape index (κ2) is 2.27. The van der Waals surface area contributed by atoms with Crippen molar-refractivity contribution in [2.75, 3.05) is 6.61 Å². The highest BCUT2D eigenvalue weighted by Crippen LogP contribution is 2.63. The Bertz CT molecular complexity index is 260. The maximum absolute atomic E-state index is 11.5. The van der Waals surface area contributed by atoms with Crippen molar-refractivity contribution >= 4 is 5.91 Å². The van der Waals surface area contributed by atoms with Crippen molar-refractivity contribution in [2.24, 2.45) is 17.3 Å². The van der Waals surface area contributed by atoms with Gasteiger partial charge in [0.2, 0.25) is 5.91 Å². The molecule has 72 valence electrons. The first-order valence-corrected chi connectivity index (χ1v) is 5.15. The van der Waals surface area contributed by atoms with Crippen molar-refractivity contribution in [1.82, 2.24) is 5.32 Å². The minimum atomic E-state index is 0.0532. The van der Waals surface area contributed by atoms with Crippen LogP contribution in [0, 0.1) is 17.3 Å². The Balaban J connectivity index is 1.84. The van der Waals surface area contributed by atoms with Crippen molar-refractivity contribution in [2.45, 2.75) is 31.7 Å². The molecule has 2 aliphatic carbocycles. The van der Waals surface area contributed by atoms with Crippen molar-refractivity contribution in [3.8, 4) is 0 Å². The molecule has 13 heavy (non-hydrogen) atoms. The lowest BCUT2D eigenvalue weighted by Gasteiger charge is -2.15. The summed E-state index contributed by atoms with van der Waals surface area (Å²) in [4.78, 5) is 11.5. The molecule has 3 atom stereocenters. The normalized spacial score (nSPS) is 45.0. The Labute approximate surface area is 77.5 Å². The zero-order valence-corrected chi connectivity index (χ0v) is 7.62. The number of hydrogen-bond acceptors (Lipinski definition) is 2. The lowest BCUT2D eigenvalue weighted by Crippen LogP contribution is -2.33. The fraction of sp³-hybridized carbons (Fsp3) is 0.900. The molecule has 1 saturated heterocycles. The van der Waals surface area contributed by atoms with Gasteiger partial charge in [-0.25, -0.2) is 0 Å². The molecule has 3 heteroatoms. The van der Waals surface area contributed by atoms with Crippen LogP contribution in [0.1, 0.15) is 25.7 Å². The van der Waals surface area contributed by atoms with Crippen molar-refractivity contribution < 1.29 is 9.90 Å². The van der Waals surface area contributed by atoms with E-state index in [2.05, 4.69) is 5.32 Å². The van der Waals surface area contributed by atoms with E-state index >= 15 is 0 Å². The molecule has 3 rings (SSSR count). The third-order valence-corrected chi connectivity index (χ3v) is 4.17. The zero-order valence-electron chi connectivity index (χ0n) is 7.62. The van der Waals surface area contributed by atoms with Gasteiger partial charge in [-0.3, -0.25) is 4.79 Å². The molecule has 0 bridgehead atoms. The summed E-state index contributed by atoms with van der Waals surface area (Å²) < 4.78 is 0. The number of aliphatic hydroxyl groups excluding tert-OH is 1. The SMILES string of the molecule is O=C1N[C@H](CO)[C@H]2CC3(CC3)CC12. The number of fused-ring (bicyclic) bond motifs is 1. The van der Waals surface area contributed by atoms with Gasteiger partial charge >= 0.3 is 0 Å². The molecule has 1 aliphatic heterocycles. The molecule has 0 aromatic carbocycles. The summed E-state index contributed by atoms with van der Waals surface area (Å²) in [6.07, 6.45) is 4.87. The van der Waals surface area contributed by atoms with E-state index in [4.69, 9.17) is 5.11 Å². The predicted octanol–water partition coefficient (Wildman–Crippen LogP) is 0.283. The van der Waals surface area contributed by atoms with Gasteiger partial charge in [0.25, 0.3) is 0 Å². The summed E-state index contributed by atoms with van der Waals surface area (Å²) in [6, 6.07) is 0.0532. The second-order valence-corrected chi connectivity index (χ2v) is 4.98. The quantitative estimate of drug-likeness (QED) is 0.610. The van der Waals surface area contributed by atoms with Gasteiger partial charge in [0, 0.05) is 5.92 Å². The molecule has 3 aliphatic rings. The summed E-state index contributed by atoms with van der Waals surface area (Å²) in [5.74, 6) is 0.840. The topological polar surface area (TPSA) is 49.3 Å². The average Bonchev–Trinajstić information content (AvgIpc) is 2.64. The molecule has 2 N–H and O–H groups in total. The van der Waals surface area contributed by atoms with Crippen LogP contribution in [0.15, 0.2) is 0 Å². The number of carbonyl (C=O) groups is 1. The first-order valence-electron chi connectivity index (χ1n) is 5.15. The average molecular weight is 181 g/mol. The Hall–Kier alpha value is -0.570. The molecule has 3 fully saturated rings. The summed E-state index contributed by atoms with van der Waals surface area (Å²) >= 11 is 0. The summed E-state index contributed by atoms with van der Waals surface area (Å²) in [5.41, 5.74) is 0.528. The van der Waals surface area contributed by atoms with E-state index in [1.807, 2.05) is 0 Å². The highest BCUT2D eigenvalue weighted by atomic mass is 16.3. The molecule has 3 nitrogen and oxygen atoms in total. The standard InChI is InChI=1S/C10H15NO2/c12-5-8-6-3-10(1-2-10)4-7(6)9(13)11-8/h6-8,12H,1-5H2,(H,11,13)/t6-,7?,8+/m0/s1. The van der Waals surface area contributed by atoms with E-state index in [0.29, 0.717) is 11.3 Å². The van der Waals surface area contributed by atoms with Crippen LogP contribution in [-0.4, -0.2) is 23.7 Å². The van der Waals surface area contributed by atoms with Crippen molar-refractivity contribution in [3.05, 3.63) is 0 Å². The van der Waals surface area contributed by atoms with Gasteiger partial charge in [0.15, 0.2) is 0 Å². The van der Waals surface area contributed by atoms with Crippen LogP contribution in [0.25, 0.3) is 0 Å². The predicted molar refractivity (Wildman–Crippen MR) is 46.9 cm³/mol. The maximum Gasteiger partial charge on any atom is 0.223 e. The van der Waals surface area contributed by atoms with Crippen LogP contribution in [0.4, 0.5) is 0 Å². The lowest BCUT2D eigenvalue weighted by molar-refractivity contribution is -0.123. The van der Waals surface area contributed by atoms with Crippen LogP contribution in [0.2, 0.25) is 0 Å². The fourth-order valence-electron chi connectivity index (χ4n) is 3.22. The Morgan fingerprint density at radius 3 is 2.85 bits per heavy atom. The highest BCUT2D eigenvalue weighted by molar-refractivity contribution is 5.82. The molecule has 0 radical (unpaired) electrons. The minimum absolute atomic E-state index is 0.0532. The van der Waals surface area contributed by atoms with Gasteiger partial charge in [-0.15, -0.1) is 0 Å². The monoisotopic (exact) mass is 181 g/mol. The number of rotatable bonds is 1. The van der Waals surface area contributed by atoms with Gasteiger partial charge in [-0.2, -0.15) is 0 Å². The van der Waals surface area contributed by atoms with E-state index in [0.717, 1.165) is 6.42 Å². The number of hydrogen-bond donors (Lipinski definition) is 2. The molecule has 2 saturated carbocycles. The Morgan fingerprint density at radius 2 is 2.23 bits per heavy atom. The van der Waals surface area contributed by atoms with Gasteiger partial charge in [-0.05, 0) is 37.0 Å². The molecule has 1 spiro atoms. The second-order valence-electron chi connectivity index (χ2n) is 4.98. The third-order valence-electron chi connectivity index (χ3n) is 4.17. The minimum Gasteiger partial charge on any atom is -0.394 e. The van der Waals surface area contributed by atoms with Crippen molar-refractivity contribution in [1.29, 1.82) is 0 Å². The highest BCUT2D eigenvalue weighted by Gasteiger charge is 2.58. The van der Waals surface area contributed by atoms with E-state index < -0.39 is 0 Å². The summed E-state index contributed by atoms with van der Waals surface area (Å²) in [5, 5.41) is 12.0.